The summed E-state index contributed by atoms with van der Waals surface area (Å²) >= 11 is 0. The first-order chi connectivity index (χ1) is 9.52. The normalized spacial score (nSPS) is 11.2. The topological polar surface area (TPSA) is 72.5 Å². The average molecular weight is 293 g/mol. The first-order valence-corrected chi connectivity index (χ1v) is 7.52. The number of hydrogen-bond acceptors (Lipinski definition) is 4. The molecule has 0 heterocycles. The van der Waals surface area contributed by atoms with Gasteiger partial charge >= 0.3 is 5.97 Å². The Labute approximate surface area is 120 Å². The van der Waals surface area contributed by atoms with E-state index in [1.807, 2.05) is 0 Å². The average Bonchev–Trinajstić information content (AvgIpc) is 2.42. The van der Waals surface area contributed by atoms with Gasteiger partial charge in [-0.25, -0.2) is 4.79 Å². The maximum absolute atomic E-state index is 11.7. The van der Waals surface area contributed by atoms with Gasteiger partial charge in [0, 0.05) is 22.8 Å². The van der Waals surface area contributed by atoms with Crippen molar-refractivity contribution < 1.29 is 18.5 Å². The molecule has 106 valence electrons. The van der Waals surface area contributed by atoms with E-state index in [0.717, 1.165) is 5.56 Å². The number of benzene rings is 1. The monoisotopic (exact) mass is 293 g/mol. The zero-order valence-corrected chi connectivity index (χ0v) is 11.9. The smallest absolute Gasteiger partial charge is 0.338 e. The van der Waals surface area contributed by atoms with Crippen molar-refractivity contribution in [2.75, 3.05) is 19.4 Å². The minimum Gasteiger partial charge on any atom is -0.452 e. The third kappa shape index (κ3) is 5.67. The Bertz CT molecular complexity index is 563. The zero-order chi connectivity index (χ0) is 15.0. The number of amides is 1. The van der Waals surface area contributed by atoms with Crippen LogP contribution in [0.25, 0.3) is 0 Å². The van der Waals surface area contributed by atoms with Gasteiger partial charge in [0.15, 0.2) is 6.61 Å². The molecule has 0 saturated heterocycles. The zero-order valence-electron chi connectivity index (χ0n) is 11.0. The molecule has 1 amide bonds. The standard InChI is InChI=1S/C14H15NO4S/c1-3-7-15-13(16)9-19-14(17)12-6-4-5-11(8-12)10-20(2)18/h1,4-6,8H,7,9-10H2,2H3,(H,15,16). The first-order valence-electron chi connectivity index (χ1n) is 5.79. The molecule has 0 bridgehead atoms. The summed E-state index contributed by atoms with van der Waals surface area (Å²) in [5.41, 5.74) is 1.09. The van der Waals surface area contributed by atoms with Crippen LogP contribution in [0.15, 0.2) is 24.3 Å². The van der Waals surface area contributed by atoms with Gasteiger partial charge in [-0.15, -0.1) is 6.42 Å². The molecule has 0 aromatic heterocycles. The molecular weight excluding hydrogens is 278 g/mol. The van der Waals surface area contributed by atoms with E-state index in [-0.39, 0.29) is 13.2 Å². The molecular formula is C14H15NO4S. The van der Waals surface area contributed by atoms with Crippen LogP contribution in [0.4, 0.5) is 0 Å². The van der Waals surface area contributed by atoms with Crippen LogP contribution in [0.1, 0.15) is 15.9 Å². The van der Waals surface area contributed by atoms with Crippen molar-refractivity contribution in [1.29, 1.82) is 0 Å². The summed E-state index contributed by atoms with van der Waals surface area (Å²) in [6.07, 6.45) is 6.57. The third-order valence-corrected chi connectivity index (χ3v) is 2.99. The van der Waals surface area contributed by atoms with Gasteiger partial charge in [-0.3, -0.25) is 9.00 Å². The van der Waals surface area contributed by atoms with Crippen molar-refractivity contribution in [3.8, 4) is 12.3 Å². The summed E-state index contributed by atoms with van der Waals surface area (Å²) in [6, 6.07) is 6.63. The molecule has 1 atom stereocenters. The van der Waals surface area contributed by atoms with Crippen molar-refractivity contribution >= 4 is 22.7 Å². The Balaban J connectivity index is 2.57. The van der Waals surface area contributed by atoms with Gasteiger partial charge in [0.05, 0.1) is 12.1 Å². The second-order valence-electron chi connectivity index (χ2n) is 3.97. The van der Waals surface area contributed by atoms with Crippen molar-refractivity contribution in [1.82, 2.24) is 5.32 Å². The van der Waals surface area contributed by atoms with E-state index in [1.54, 1.807) is 30.5 Å². The Hall–Kier alpha value is -2.13. The predicted octanol–water partition coefficient (Wildman–Crippen LogP) is 0.471. The molecule has 0 saturated carbocycles. The molecule has 1 N–H and O–H groups in total. The van der Waals surface area contributed by atoms with Gasteiger partial charge in [0.25, 0.3) is 5.91 Å². The van der Waals surface area contributed by atoms with Crippen LogP contribution in [-0.2, 0) is 26.1 Å². The van der Waals surface area contributed by atoms with Crippen LogP contribution >= 0.6 is 0 Å². The summed E-state index contributed by atoms with van der Waals surface area (Å²) in [5.74, 6) is 1.54. The fourth-order valence-electron chi connectivity index (χ4n) is 1.44. The maximum atomic E-state index is 11.7. The van der Waals surface area contributed by atoms with E-state index < -0.39 is 22.7 Å². The fraction of sp³-hybridized carbons (Fsp3) is 0.286. The number of terminal acetylenes is 1. The van der Waals surface area contributed by atoms with Gasteiger partial charge in [0.2, 0.25) is 0 Å². The number of ether oxygens (including phenoxy) is 1. The van der Waals surface area contributed by atoms with Crippen molar-refractivity contribution in [3.63, 3.8) is 0 Å². The van der Waals surface area contributed by atoms with Gasteiger partial charge < -0.3 is 10.1 Å². The SMILES string of the molecule is C#CCNC(=O)COC(=O)c1cccc(CS(C)=O)c1. The Kier molecular flexibility index (Phi) is 6.47. The van der Waals surface area contributed by atoms with E-state index in [4.69, 9.17) is 11.2 Å². The van der Waals surface area contributed by atoms with Gasteiger partial charge in [-0.1, -0.05) is 18.1 Å². The van der Waals surface area contributed by atoms with Gasteiger partial charge in [-0.05, 0) is 17.7 Å². The number of hydrogen-bond donors (Lipinski definition) is 1. The van der Waals surface area contributed by atoms with Crippen LogP contribution in [0.2, 0.25) is 0 Å². The highest BCUT2D eigenvalue weighted by molar-refractivity contribution is 7.83. The van der Waals surface area contributed by atoms with E-state index in [9.17, 15) is 13.8 Å². The number of esters is 1. The molecule has 1 aromatic carbocycles. The second kappa shape index (κ2) is 8.12. The Morgan fingerprint density at radius 2 is 2.20 bits per heavy atom. The summed E-state index contributed by atoms with van der Waals surface area (Å²) in [7, 11) is -0.988. The molecule has 1 aromatic rings. The quantitative estimate of drug-likeness (QED) is 0.611. The largest absolute Gasteiger partial charge is 0.452 e. The number of carbonyl (C=O) groups excluding carboxylic acids is 2. The molecule has 0 spiro atoms. The summed E-state index contributed by atoms with van der Waals surface area (Å²) < 4.78 is 16.0. The van der Waals surface area contributed by atoms with Crippen LogP contribution in [0.5, 0.6) is 0 Å². The lowest BCUT2D eigenvalue weighted by Gasteiger charge is -2.06. The third-order valence-electron chi connectivity index (χ3n) is 2.25. The molecule has 5 nitrogen and oxygen atoms in total. The van der Waals surface area contributed by atoms with Crippen LogP contribution in [-0.4, -0.2) is 35.5 Å². The lowest BCUT2D eigenvalue weighted by molar-refractivity contribution is -0.123. The van der Waals surface area contributed by atoms with Gasteiger partial charge in [0.1, 0.15) is 0 Å². The van der Waals surface area contributed by atoms with Crippen LogP contribution in [0, 0.1) is 12.3 Å². The van der Waals surface area contributed by atoms with Crippen molar-refractivity contribution in [2.45, 2.75) is 5.75 Å². The molecule has 1 unspecified atom stereocenters. The maximum Gasteiger partial charge on any atom is 0.338 e. The minimum absolute atomic E-state index is 0.0915. The summed E-state index contributed by atoms with van der Waals surface area (Å²) in [4.78, 5) is 23.0. The van der Waals surface area contributed by atoms with Crippen molar-refractivity contribution in [3.05, 3.63) is 35.4 Å². The molecule has 1 rings (SSSR count). The van der Waals surface area contributed by atoms with E-state index >= 15 is 0 Å². The lowest BCUT2D eigenvalue weighted by Crippen LogP contribution is -2.29. The molecule has 0 aliphatic carbocycles. The molecule has 6 heteroatoms. The molecule has 0 fully saturated rings. The Morgan fingerprint density at radius 1 is 1.45 bits per heavy atom. The van der Waals surface area contributed by atoms with E-state index in [2.05, 4.69) is 11.2 Å². The van der Waals surface area contributed by atoms with Crippen molar-refractivity contribution in [2.24, 2.45) is 0 Å². The molecule has 20 heavy (non-hydrogen) atoms. The molecule has 0 aliphatic rings. The second-order valence-corrected chi connectivity index (χ2v) is 5.41. The first kappa shape index (κ1) is 15.9. The summed E-state index contributed by atoms with van der Waals surface area (Å²) in [5, 5.41) is 2.38. The molecule has 0 aliphatic heterocycles. The molecule has 0 radical (unpaired) electrons. The van der Waals surface area contributed by atoms with Gasteiger partial charge in [-0.2, -0.15) is 0 Å². The van der Waals surface area contributed by atoms with E-state index in [0.29, 0.717) is 11.3 Å². The predicted molar refractivity (Wildman–Crippen MR) is 76.3 cm³/mol. The number of rotatable bonds is 6. The Morgan fingerprint density at radius 3 is 2.85 bits per heavy atom. The minimum atomic E-state index is -0.988. The number of nitrogens with one attached hydrogen (secondary N) is 1. The number of carbonyl (C=O) groups is 2. The highest BCUT2D eigenvalue weighted by atomic mass is 32.2. The summed E-state index contributed by atoms with van der Waals surface area (Å²) in [6.45, 7) is -0.293. The van der Waals surface area contributed by atoms with Crippen LogP contribution < -0.4 is 5.32 Å². The lowest BCUT2D eigenvalue weighted by atomic mass is 10.1. The highest BCUT2D eigenvalue weighted by Gasteiger charge is 2.10. The highest BCUT2D eigenvalue weighted by Crippen LogP contribution is 2.08. The van der Waals surface area contributed by atoms with Crippen LogP contribution in [0.3, 0.4) is 0 Å². The fourth-order valence-corrected chi connectivity index (χ4v) is 2.09. The van der Waals surface area contributed by atoms with E-state index in [1.165, 1.54) is 0 Å².